The molecule has 1 atom stereocenters. The third kappa shape index (κ3) is 3.30. The summed E-state index contributed by atoms with van der Waals surface area (Å²) in [5, 5.41) is 0. The van der Waals surface area contributed by atoms with E-state index >= 15 is 0 Å². The molecule has 2 N–H and O–H groups in total. The van der Waals surface area contributed by atoms with Crippen molar-refractivity contribution in [3.05, 3.63) is 11.6 Å². The summed E-state index contributed by atoms with van der Waals surface area (Å²) in [6.07, 6.45) is 2.59. The zero-order valence-corrected chi connectivity index (χ0v) is 10.7. The van der Waals surface area contributed by atoms with Gasteiger partial charge in [-0.25, -0.2) is 4.79 Å². The summed E-state index contributed by atoms with van der Waals surface area (Å²) in [5.74, 6) is -0.574. The Labute approximate surface area is 102 Å². The van der Waals surface area contributed by atoms with Crippen molar-refractivity contribution in [1.82, 2.24) is 4.90 Å². The Morgan fingerprint density at radius 2 is 2.18 bits per heavy atom. The Bertz CT molecular complexity index is 352. The summed E-state index contributed by atoms with van der Waals surface area (Å²) in [5.41, 5.74) is 5.51. The maximum atomic E-state index is 11.3. The molecule has 96 valence electrons. The fourth-order valence-corrected chi connectivity index (χ4v) is 1.92. The SMILES string of the molecule is COC(=O)C(C)=CCN1CCC(C)(C(N)=O)C1. The molecule has 5 nitrogen and oxygen atoms in total. The lowest BCUT2D eigenvalue weighted by atomic mass is 9.89. The largest absolute Gasteiger partial charge is 0.466 e. The molecule has 0 aromatic rings. The van der Waals surface area contributed by atoms with Gasteiger partial charge in [0, 0.05) is 18.7 Å². The van der Waals surface area contributed by atoms with Crippen molar-refractivity contribution in [3.8, 4) is 0 Å². The van der Waals surface area contributed by atoms with Crippen LogP contribution in [0.3, 0.4) is 0 Å². The van der Waals surface area contributed by atoms with Gasteiger partial charge < -0.3 is 10.5 Å². The first-order chi connectivity index (χ1) is 7.89. The van der Waals surface area contributed by atoms with Crippen molar-refractivity contribution < 1.29 is 14.3 Å². The lowest BCUT2D eigenvalue weighted by Gasteiger charge is -2.20. The molecule has 0 radical (unpaired) electrons. The second-order valence-corrected chi connectivity index (χ2v) is 4.79. The van der Waals surface area contributed by atoms with Gasteiger partial charge in [0.05, 0.1) is 12.5 Å². The molecule has 0 bridgehead atoms. The molecular weight excluding hydrogens is 220 g/mol. The van der Waals surface area contributed by atoms with Crippen LogP contribution in [0.5, 0.6) is 0 Å². The first kappa shape index (κ1) is 13.7. The van der Waals surface area contributed by atoms with Crippen molar-refractivity contribution >= 4 is 11.9 Å². The number of rotatable bonds is 4. The van der Waals surface area contributed by atoms with Crippen LogP contribution in [0.1, 0.15) is 20.3 Å². The molecule has 0 aromatic heterocycles. The molecule has 1 fully saturated rings. The minimum absolute atomic E-state index is 0.256. The molecule has 0 saturated carbocycles. The molecule has 17 heavy (non-hydrogen) atoms. The van der Waals surface area contributed by atoms with E-state index in [0.717, 1.165) is 13.0 Å². The topological polar surface area (TPSA) is 72.6 Å². The van der Waals surface area contributed by atoms with Crippen LogP contribution >= 0.6 is 0 Å². The molecule has 1 saturated heterocycles. The van der Waals surface area contributed by atoms with Gasteiger partial charge in [-0.15, -0.1) is 0 Å². The first-order valence-electron chi connectivity index (χ1n) is 5.66. The molecule has 1 rings (SSSR count). The lowest BCUT2D eigenvalue weighted by molar-refractivity contribution is -0.136. The Morgan fingerprint density at radius 1 is 1.53 bits per heavy atom. The Kier molecular flexibility index (Phi) is 4.28. The number of esters is 1. The van der Waals surface area contributed by atoms with Gasteiger partial charge in [0.25, 0.3) is 0 Å². The summed E-state index contributed by atoms with van der Waals surface area (Å²) in [6, 6.07) is 0. The Balaban J connectivity index is 2.52. The third-order valence-electron chi connectivity index (χ3n) is 3.31. The third-order valence-corrected chi connectivity index (χ3v) is 3.31. The quantitative estimate of drug-likeness (QED) is 0.567. The predicted molar refractivity (Wildman–Crippen MR) is 64.1 cm³/mol. The second kappa shape index (κ2) is 5.31. The van der Waals surface area contributed by atoms with Gasteiger partial charge in [0.2, 0.25) is 5.91 Å². The molecule has 5 heteroatoms. The number of methoxy groups -OCH3 is 1. The highest BCUT2D eigenvalue weighted by Crippen LogP contribution is 2.29. The number of primary amides is 1. The number of amides is 1. The van der Waals surface area contributed by atoms with Crippen molar-refractivity contribution in [2.75, 3.05) is 26.7 Å². The number of carbonyl (C=O) groups excluding carboxylic acids is 2. The summed E-state index contributed by atoms with van der Waals surface area (Å²) in [4.78, 5) is 24.5. The molecule has 1 aliphatic heterocycles. The van der Waals surface area contributed by atoms with Gasteiger partial charge >= 0.3 is 5.97 Å². The molecule has 1 heterocycles. The van der Waals surface area contributed by atoms with E-state index in [2.05, 4.69) is 9.64 Å². The highest BCUT2D eigenvalue weighted by molar-refractivity contribution is 5.87. The van der Waals surface area contributed by atoms with Crippen LogP contribution < -0.4 is 5.73 Å². The normalized spacial score (nSPS) is 25.9. The maximum Gasteiger partial charge on any atom is 0.333 e. The van der Waals surface area contributed by atoms with Crippen molar-refractivity contribution in [2.45, 2.75) is 20.3 Å². The Hall–Kier alpha value is -1.36. The van der Waals surface area contributed by atoms with Crippen LogP contribution in [-0.4, -0.2) is 43.5 Å². The fourth-order valence-electron chi connectivity index (χ4n) is 1.92. The van der Waals surface area contributed by atoms with Gasteiger partial charge in [-0.2, -0.15) is 0 Å². The van der Waals surface area contributed by atoms with Gasteiger partial charge in [-0.1, -0.05) is 6.08 Å². The molecule has 1 aliphatic rings. The molecule has 0 spiro atoms. The summed E-state index contributed by atoms with van der Waals surface area (Å²) in [7, 11) is 1.36. The predicted octanol–water partition coefficient (Wildman–Crippen LogP) is 0.303. The number of nitrogens with two attached hydrogens (primary N) is 1. The van der Waals surface area contributed by atoms with E-state index in [1.807, 2.05) is 13.0 Å². The van der Waals surface area contributed by atoms with Gasteiger partial charge in [-0.3, -0.25) is 9.69 Å². The number of hydrogen-bond donors (Lipinski definition) is 1. The number of carbonyl (C=O) groups is 2. The van der Waals surface area contributed by atoms with E-state index in [0.29, 0.717) is 18.7 Å². The van der Waals surface area contributed by atoms with Gasteiger partial charge in [0.1, 0.15) is 0 Å². The summed E-state index contributed by atoms with van der Waals surface area (Å²) >= 11 is 0. The van der Waals surface area contributed by atoms with E-state index in [1.165, 1.54) is 7.11 Å². The van der Waals surface area contributed by atoms with E-state index in [-0.39, 0.29) is 11.9 Å². The summed E-state index contributed by atoms with van der Waals surface area (Å²) < 4.78 is 4.61. The van der Waals surface area contributed by atoms with E-state index in [4.69, 9.17) is 5.73 Å². The molecule has 0 aromatic carbocycles. The van der Waals surface area contributed by atoms with E-state index in [9.17, 15) is 9.59 Å². The molecule has 1 amide bonds. The Morgan fingerprint density at radius 3 is 2.65 bits per heavy atom. The van der Waals surface area contributed by atoms with Crippen LogP contribution in [0.4, 0.5) is 0 Å². The van der Waals surface area contributed by atoms with Crippen LogP contribution in [-0.2, 0) is 14.3 Å². The van der Waals surface area contributed by atoms with Gasteiger partial charge in [-0.05, 0) is 26.8 Å². The van der Waals surface area contributed by atoms with E-state index < -0.39 is 5.41 Å². The van der Waals surface area contributed by atoms with Crippen molar-refractivity contribution in [2.24, 2.45) is 11.1 Å². The first-order valence-corrected chi connectivity index (χ1v) is 5.66. The highest BCUT2D eigenvalue weighted by atomic mass is 16.5. The molecule has 1 unspecified atom stereocenters. The van der Waals surface area contributed by atoms with Gasteiger partial charge in [0.15, 0.2) is 0 Å². The van der Waals surface area contributed by atoms with E-state index in [1.54, 1.807) is 6.92 Å². The lowest BCUT2D eigenvalue weighted by Crippen LogP contribution is -2.37. The standard InChI is InChI=1S/C12H20N2O3/c1-9(10(15)17-3)4-6-14-7-5-12(2,8-14)11(13)16/h4H,5-8H2,1-3H3,(H2,13,16). The highest BCUT2D eigenvalue weighted by Gasteiger charge is 2.38. The van der Waals surface area contributed by atoms with Crippen molar-refractivity contribution in [1.29, 1.82) is 0 Å². The minimum atomic E-state index is -0.437. The van der Waals surface area contributed by atoms with Crippen molar-refractivity contribution in [3.63, 3.8) is 0 Å². The number of hydrogen-bond acceptors (Lipinski definition) is 4. The average molecular weight is 240 g/mol. The molecule has 0 aliphatic carbocycles. The zero-order chi connectivity index (χ0) is 13.1. The number of nitrogens with zero attached hydrogens (tertiary/aromatic N) is 1. The fraction of sp³-hybridized carbons (Fsp3) is 0.667. The smallest absolute Gasteiger partial charge is 0.333 e. The van der Waals surface area contributed by atoms with Crippen LogP contribution in [0.15, 0.2) is 11.6 Å². The van der Waals surface area contributed by atoms with Crippen LogP contribution in [0.25, 0.3) is 0 Å². The molecular formula is C12H20N2O3. The monoisotopic (exact) mass is 240 g/mol. The number of ether oxygens (including phenoxy) is 1. The zero-order valence-electron chi connectivity index (χ0n) is 10.7. The summed E-state index contributed by atoms with van der Waals surface area (Å²) in [6.45, 7) is 5.71. The second-order valence-electron chi connectivity index (χ2n) is 4.79. The minimum Gasteiger partial charge on any atom is -0.466 e. The average Bonchev–Trinajstić information content (AvgIpc) is 2.68. The van der Waals surface area contributed by atoms with Crippen LogP contribution in [0, 0.1) is 5.41 Å². The number of likely N-dealkylation sites (tertiary alicyclic amines) is 1. The van der Waals surface area contributed by atoms with Crippen LogP contribution in [0.2, 0.25) is 0 Å². The maximum absolute atomic E-state index is 11.3.